The highest BCUT2D eigenvalue weighted by molar-refractivity contribution is 7.92. The molecule has 0 aromatic carbocycles. The second-order valence-corrected chi connectivity index (χ2v) is 36.7. The molecule has 0 radical (unpaired) electrons. The lowest BCUT2D eigenvalue weighted by Gasteiger charge is -2.32. The van der Waals surface area contributed by atoms with E-state index >= 15 is 0 Å². The Morgan fingerprint density at radius 3 is 0.258 bits per heavy atom. The van der Waals surface area contributed by atoms with Crippen LogP contribution in [0.1, 0.15) is 154 Å². The minimum Gasteiger partial charge on any atom is -0.229 e. The van der Waals surface area contributed by atoms with E-state index in [2.05, 4.69) is 0 Å². The molecule has 0 N–H and O–H groups in total. The van der Waals surface area contributed by atoms with Gasteiger partial charge in [0.15, 0.2) is 59.0 Å². The lowest BCUT2D eigenvalue weighted by atomic mass is 9.83. The van der Waals surface area contributed by atoms with Gasteiger partial charge in [-0.2, -0.15) is 0 Å². The van der Waals surface area contributed by atoms with Gasteiger partial charge in [-0.25, -0.2) is 50.5 Å². The Kier molecular flexibility index (Phi) is 18.3. The van der Waals surface area contributed by atoms with Crippen LogP contribution >= 0.6 is 0 Å². The molecular weight excluding hydrogens is 961 g/mol. The van der Waals surface area contributed by atoms with Crippen molar-refractivity contribution in [3.8, 4) is 0 Å². The molecule has 6 saturated carbocycles. The summed E-state index contributed by atoms with van der Waals surface area (Å²) in [6.45, 7) is 0. The lowest BCUT2D eigenvalue weighted by Crippen LogP contribution is -2.33. The first-order valence-electron chi connectivity index (χ1n) is 26.2. The molecule has 0 aromatic heterocycles. The van der Waals surface area contributed by atoms with E-state index in [0.717, 1.165) is 0 Å². The van der Waals surface area contributed by atoms with Gasteiger partial charge < -0.3 is 0 Å². The van der Waals surface area contributed by atoms with Crippen LogP contribution in [0.5, 0.6) is 0 Å². The van der Waals surface area contributed by atoms with Crippen LogP contribution in [0.15, 0.2) is 0 Å². The van der Waals surface area contributed by atoms with Gasteiger partial charge in [-0.3, -0.25) is 0 Å². The average molecular weight is 1050 g/mol. The highest BCUT2D eigenvalue weighted by Gasteiger charge is 2.37. The van der Waals surface area contributed by atoms with E-state index in [0.29, 0.717) is 154 Å². The van der Waals surface area contributed by atoms with Crippen molar-refractivity contribution < 1.29 is 50.5 Å². The molecular formula is C48H84O12S6. The Balaban J connectivity index is 0.922. The highest BCUT2D eigenvalue weighted by Crippen LogP contribution is 2.39. The molecule has 10 aliphatic heterocycles. The van der Waals surface area contributed by atoms with E-state index in [9.17, 15) is 50.5 Å². The fourth-order valence-electron chi connectivity index (χ4n) is 14.1. The number of hydrogen-bond donors (Lipinski definition) is 0. The van der Waals surface area contributed by atoms with Gasteiger partial charge in [0.05, 0.1) is 69.0 Å². The van der Waals surface area contributed by atoms with Crippen LogP contribution in [-0.4, -0.2) is 120 Å². The van der Waals surface area contributed by atoms with Gasteiger partial charge in [0.25, 0.3) is 0 Å². The lowest BCUT2D eigenvalue weighted by molar-refractivity contribution is 0.295. The second-order valence-electron chi connectivity index (χ2n) is 23.8. The normalized spacial score (nSPS) is 41.8. The predicted molar refractivity (Wildman–Crippen MR) is 265 cm³/mol. The summed E-state index contributed by atoms with van der Waals surface area (Å²) in [7, 11) is -19.9. The van der Waals surface area contributed by atoms with Crippen molar-refractivity contribution in [1.29, 1.82) is 0 Å². The first kappa shape index (κ1) is 53.5. The van der Waals surface area contributed by atoms with Crippen molar-refractivity contribution in [2.45, 2.75) is 154 Å². The zero-order valence-corrected chi connectivity index (χ0v) is 44.6. The molecule has 0 amide bonds. The fraction of sp³-hybridized carbons (Fsp3) is 1.00. The summed E-state index contributed by atoms with van der Waals surface area (Å²) >= 11 is 0. The minimum atomic E-state index is -3.31. The Hall–Kier alpha value is -0.300. The summed E-state index contributed by atoms with van der Waals surface area (Å²) in [4.78, 5) is 0. The molecule has 0 aromatic rings. The van der Waals surface area contributed by atoms with Gasteiger partial charge in [0.1, 0.15) is 0 Å². The van der Waals surface area contributed by atoms with E-state index in [4.69, 9.17) is 0 Å². The molecule has 0 spiro atoms. The number of hydrogen-bond acceptors (Lipinski definition) is 12. The average Bonchev–Trinajstić information content (AvgIpc) is 3.21. The largest absolute Gasteiger partial charge is 0.229 e. The maximum atomic E-state index is 13.4. The number of sulfone groups is 6. The fourth-order valence-corrected chi connectivity index (χ4v) is 27.5. The zero-order valence-electron chi connectivity index (χ0n) is 39.7. The predicted octanol–water partition coefficient (Wildman–Crippen LogP) is 7.33. The summed E-state index contributed by atoms with van der Waals surface area (Å²) < 4.78 is 161. The van der Waals surface area contributed by atoms with E-state index in [1.807, 2.05) is 0 Å². The molecule has 16 rings (SSSR count). The molecule has 16 fully saturated rings. The van der Waals surface area contributed by atoms with Crippen molar-refractivity contribution in [2.24, 2.45) is 71.0 Å². The van der Waals surface area contributed by atoms with Gasteiger partial charge in [-0.05, 0) is 225 Å². The standard InChI is InChI=1S/C48H84O12S6/c49-61(50)25-37-1-2-38(4-3-37)26-62(51,52)28-40-9-11-42(12-10-40)30-64(55,56)32-44-17-19-46(20-18-44)34-66(59,60)36-48-23-21-47(22-24-48)35-65(57,58)33-45-15-13-43(14-16-45)31-63(53,54)29-41-7-5-39(27-61)6-8-41/h37-48H,1-36H2. The molecule has 6 aliphatic carbocycles. The van der Waals surface area contributed by atoms with Crippen LogP contribution in [0.3, 0.4) is 0 Å². The Bertz CT molecular complexity index is 1710. The maximum Gasteiger partial charge on any atom is 0.150 e. The molecule has 12 nitrogen and oxygen atoms in total. The molecule has 18 heteroatoms. The summed E-state index contributed by atoms with van der Waals surface area (Å²) in [5.74, 6) is 1.86. The van der Waals surface area contributed by atoms with Crippen LogP contribution in [0.2, 0.25) is 0 Å². The SMILES string of the molecule is O=S1(=O)CC2CCC(CC2)CS(=O)(=O)CC2CCC(CC2)CS(=O)(=O)CC2CCC(CC2)CS(=O)(=O)CC2CCC(CC2)CS(=O)(=O)CC2CCC(CC2)CS(=O)(=O)CC2CCC(CC2)C1. The zero-order chi connectivity index (χ0) is 47.4. The third kappa shape index (κ3) is 17.5. The quantitative estimate of drug-likeness (QED) is 0.234. The van der Waals surface area contributed by atoms with Gasteiger partial charge >= 0.3 is 0 Å². The van der Waals surface area contributed by atoms with Crippen molar-refractivity contribution >= 4 is 59.0 Å². The molecule has 66 heavy (non-hydrogen) atoms. The summed E-state index contributed by atoms with van der Waals surface area (Å²) in [5.41, 5.74) is 0. The van der Waals surface area contributed by atoms with Crippen molar-refractivity contribution in [3.63, 3.8) is 0 Å². The van der Waals surface area contributed by atoms with Crippen molar-refractivity contribution in [1.82, 2.24) is 0 Å². The monoisotopic (exact) mass is 1040 g/mol. The Morgan fingerprint density at radius 2 is 0.197 bits per heavy atom. The smallest absolute Gasteiger partial charge is 0.150 e. The van der Waals surface area contributed by atoms with Crippen molar-refractivity contribution in [3.05, 3.63) is 0 Å². The Labute approximate surface area is 401 Å². The van der Waals surface area contributed by atoms with Crippen LogP contribution in [0.25, 0.3) is 0 Å². The van der Waals surface area contributed by atoms with Gasteiger partial charge in [0, 0.05) is 0 Å². The molecule has 0 atom stereocenters. The second kappa shape index (κ2) is 22.6. The molecule has 16 aliphatic rings. The van der Waals surface area contributed by atoms with Crippen LogP contribution < -0.4 is 0 Å². The third-order valence-corrected chi connectivity index (χ3v) is 29.4. The summed E-state index contributed by atoms with van der Waals surface area (Å²) in [6, 6.07) is 0. The van der Waals surface area contributed by atoms with E-state index in [1.54, 1.807) is 0 Å². The van der Waals surface area contributed by atoms with E-state index < -0.39 is 59.0 Å². The molecule has 10 heterocycles. The van der Waals surface area contributed by atoms with Gasteiger partial charge in [0.2, 0.25) is 0 Å². The Morgan fingerprint density at radius 1 is 0.136 bits per heavy atom. The van der Waals surface area contributed by atoms with E-state index in [1.165, 1.54) is 0 Å². The maximum absolute atomic E-state index is 13.4. The molecule has 12 bridgehead atoms. The van der Waals surface area contributed by atoms with Crippen LogP contribution in [0.4, 0.5) is 0 Å². The first-order valence-corrected chi connectivity index (χ1v) is 37.1. The molecule has 0 unspecified atom stereocenters. The third-order valence-electron chi connectivity index (χ3n) is 17.7. The van der Waals surface area contributed by atoms with Crippen molar-refractivity contribution in [2.75, 3.05) is 69.0 Å². The highest BCUT2D eigenvalue weighted by atomic mass is 32.2. The van der Waals surface area contributed by atoms with Crippen LogP contribution in [0, 0.1) is 71.0 Å². The van der Waals surface area contributed by atoms with Crippen LogP contribution in [-0.2, 0) is 59.0 Å². The summed E-state index contributed by atoms with van der Waals surface area (Å²) in [5, 5.41) is 0. The minimum absolute atomic E-state index is 0.0273. The first-order chi connectivity index (χ1) is 30.9. The molecule has 10 saturated heterocycles. The van der Waals surface area contributed by atoms with E-state index in [-0.39, 0.29) is 140 Å². The molecule has 384 valence electrons. The number of rotatable bonds is 0. The van der Waals surface area contributed by atoms with Gasteiger partial charge in [-0.15, -0.1) is 0 Å². The summed E-state index contributed by atoms with van der Waals surface area (Å²) in [6.07, 6.45) is 16.9. The topological polar surface area (TPSA) is 205 Å². The van der Waals surface area contributed by atoms with Gasteiger partial charge in [-0.1, -0.05) is 0 Å².